The van der Waals surface area contributed by atoms with Gasteiger partial charge in [0.1, 0.15) is 11.4 Å². The lowest BCUT2D eigenvalue weighted by Crippen LogP contribution is -2.15. The molecule has 0 aliphatic heterocycles. The maximum atomic E-state index is 14.1. The molecule has 0 spiro atoms. The average molecular weight is 294 g/mol. The molecular weight excluding hydrogens is 278 g/mol. The normalized spacial score (nSPS) is 10.8. The molecule has 1 amide bonds. The van der Waals surface area contributed by atoms with Crippen molar-refractivity contribution in [1.82, 2.24) is 15.1 Å². The molecule has 1 heterocycles. The highest BCUT2D eigenvalue weighted by atomic mass is 19.1. The number of hydrogen-bond acceptors (Lipinski definition) is 3. The van der Waals surface area contributed by atoms with Crippen LogP contribution < -0.4 is 11.1 Å². The fraction of sp³-hybridized carbons (Fsp3) is 0.286. The molecule has 3 N–H and O–H groups in total. The van der Waals surface area contributed by atoms with Gasteiger partial charge in [0.05, 0.1) is 0 Å². The van der Waals surface area contributed by atoms with E-state index in [1.165, 1.54) is 24.4 Å². The van der Waals surface area contributed by atoms with Gasteiger partial charge in [-0.3, -0.25) is 4.79 Å². The lowest BCUT2D eigenvalue weighted by molar-refractivity contribution is 0.0995. The Hall–Kier alpha value is -2.28. The summed E-state index contributed by atoms with van der Waals surface area (Å²) in [5.41, 5.74) is 5.18. The highest BCUT2D eigenvalue weighted by Gasteiger charge is 2.15. The summed E-state index contributed by atoms with van der Waals surface area (Å²) in [5, 5.41) is 6.82. The molecule has 2 rings (SSSR count). The molecule has 0 unspecified atom stereocenters. The van der Waals surface area contributed by atoms with Crippen LogP contribution in [0.2, 0.25) is 0 Å². The molecule has 0 aliphatic rings. The molecule has 21 heavy (non-hydrogen) atoms. The molecule has 5 nitrogen and oxygen atoms in total. The molecule has 7 heteroatoms. The average Bonchev–Trinajstić information content (AvgIpc) is 2.88. The number of rotatable bonds is 6. The van der Waals surface area contributed by atoms with E-state index in [1.54, 1.807) is 0 Å². The number of carbonyl (C=O) groups is 1. The van der Waals surface area contributed by atoms with E-state index >= 15 is 0 Å². The third-order valence-electron chi connectivity index (χ3n) is 2.90. The van der Waals surface area contributed by atoms with Gasteiger partial charge in [0, 0.05) is 12.7 Å². The minimum absolute atomic E-state index is 0.0533. The Bertz CT molecular complexity index is 631. The monoisotopic (exact) mass is 294 g/mol. The zero-order chi connectivity index (χ0) is 15.4. The predicted octanol–water partition coefficient (Wildman–Crippen LogP) is 1.75. The van der Waals surface area contributed by atoms with Gasteiger partial charge in [0.15, 0.2) is 11.6 Å². The molecule has 0 aliphatic carbocycles. The van der Waals surface area contributed by atoms with Crippen molar-refractivity contribution in [3.05, 3.63) is 47.3 Å². The fourth-order valence-corrected chi connectivity index (χ4v) is 1.93. The summed E-state index contributed by atoms with van der Waals surface area (Å²) in [6.45, 7) is 3.16. The molecule has 0 radical (unpaired) electrons. The first kappa shape index (κ1) is 15.1. The number of carbonyl (C=O) groups excluding carboxylic acids is 1. The van der Waals surface area contributed by atoms with Crippen LogP contribution in [-0.2, 0) is 6.54 Å². The number of hydrogen-bond donors (Lipinski definition) is 2. The van der Waals surface area contributed by atoms with Crippen LogP contribution in [-0.4, -0.2) is 22.2 Å². The van der Waals surface area contributed by atoms with Crippen LogP contribution in [0.3, 0.4) is 0 Å². The van der Waals surface area contributed by atoms with E-state index in [0.717, 1.165) is 17.6 Å². The van der Waals surface area contributed by atoms with E-state index in [-0.39, 0.29) is 11.4 Å². The van der Waals surface area contributed by atoms with Gasteiger partial charge in [0.25, 0.3) is 5.91 Å². The highest BCUT2D eigenvalue weighted by Crippen LogP contribution is 2.19. The fourth-order valence-electron chi connectivity index (χ4n) is 1.93. The van der Waals surface area contributed by atoms with Crippen LogP contribution in [0.5, 0.6) is 0 Å². The summed E-state index contributed by atoms with van der Waals surface area (Å²) in [4.78, 5) is 11.0. The van der Waals surface area contributed by atoms with Crippen LogP contribution in [0.25, 0.3) is 5.69 Å². The molecule has 0 saturated heterocycles. The van der Waals surface area contributed by atoms with Crippen LogP contribution >= 0.6 is 0 Å². The van der Waals surface area contributed by atoms with Crippen molar-refractivity contribution in [3.8, 4) is 5.69 Å². The van der Waals surface area contributed by atoms with Gasteiger partial charge in [-0.25, -0.2) is 13.5 Å². The van der Waals surface area contributed by atoms with Crippen molar-refractivity contribution < 1.29 is 13.6 Å². The topological polar surface area (TPSA) is 72.9 Å². The lowest BCUT2D eigenvalue weighted by Gasteiger charge is -2.09. The van der Waals surface area contributed by atoms with E-state index in [4.69, 9.17) is 5.73 Å². The summed E-state index contributed by atoms with van der Waals surface area (Å²) >= 11 is 0. The first-order valence-corrected chi connectivity index (χ1v) is 6.57. The summed E-state index contributed by atoms with van der Waals surface area (Å²) in [6, 6.07) is 3.79. The molecule has 1 aromatic heterocycles. The van der Waals surface area contributed by atoms with Gasteiger partial charge < -0.3 is 11.1 Å². The number of benzene rings is 1. The Morgan fingerprint density at radius 3 is 2.57 bits per heavy atom. The molecular formula is C14H16F2N4O. The third kappa shape index (κ3) is 3.43. The van der Waals surface area contributed by atoms with Gasteiger partial charge in [-0.1, -0.05) is 6.92 Å². The minimum atomic E-state index is -0.755. The zero-order valence-electron chi connectivity index (χ0n) is 11.6. The maximum absolute atomic E-state index is 14.1. The first-order valence-electron chi connectivity index (χ1n) is 6.57. The number of amides is 1. The Morgan fingerprint density at radius 2 is 2.05 bits per heavy atom. The Kier molecular flexibility index (Phi) is 4.64. The van der Waals surface area contributed by atoms with Gasteiger partial charge in [-0.2, -0.15) is 5.10 Å². The predicted molar refractivity (Wildman–Crippen MR) is 74.0 cm³/mol. The summed E-state index contributed by atoms with van der Waals surface area (Å²) in [5.74, 6) is -2.25. The van der Waals surface area contributed by atoms with Crippen molar-refractivity contribution >= 4 is 5.91 Å². The number of aromatic nitrogens is 2. The summed E-state index contributed by atoms with van der Waals surface area (Å²) in [7, 11) is 0. The van der Waals surface area contributed by atoms with Crippen molar-refractivity contribution in [2.24, 2.45) is 5.73 Å². The molecule has 0 atom stereocenters. The summed E-state index contributed by atoms with van der Waals surface area (Å²) < 4.78 is 29.1. The highest BCUT2D eigenvalue weighted by molar-refractivity contribution is 5.90. The Labute approximate surface area is 120 Å². The molecule has 1 aromatic carbocycles. The SMILES string of the molecule is CCCNCc1cc(F)c(-n2ccc(C(N)=O)n2)c(F)c1. The number of halogens is 2. The molecule has 2 aromatic rings. The number of primary amides is 1. The maximum Gasteiger partial charge on any atom is 0.269 e. The van der Waals surface area contributed by atoms with Crippen molar-refractivity contribution in [1.29, 1.82) is 0 Å². The molecule has 0 fully saturated rings. The second-order valence-electron chi connectivity index (χ2n) is 4.59. The van der Waals surface area contributed by atoms with Gasteiger partial charge >= 0.3 is 0 Å². The second kappa shape index (κ2) is 6.45. The lowest BCUT2D eigenvalue weighted by atomic mass is 10.2. The largest absolute Gasteiger partial charge is 0.364 e. The Morgan fingerprint density at radius 1 is 1.38 bits per heavy atom. The van der Waals surface area contributed by atoms with Gasteiger partial charge in [0.2, 0.25) is 0 Å². The van der Waals surface area contributed by atoms with Crippen LogP contribution in [0.1, 0.15) is 29.4 Å². The van der Waals surface area contributed by atoms with E-state index in [0.29, 0.717) is 12.1 Å². The van der Waals surface area contributed by atoms with Crippen molar-refractivity contribution in [3.63, 3.8) is 0 Å². The smallest absolute Gasteiger partial charge is 0.269 e. The second-order valence-corrected chi connectivity index (χ2v) is 4.59. The zero-order valence-corrected chi connectivity index (χ0v) is 11.6. The molecule has 0 saturated carbocycles. The van der Waals surface area contributed by atoms with Crippen LogP contribution in [0.4, 0.5) is 8.78 Å². The Balaban J connectivity index is 2.29. The first-order chi connectivity index (χ1) is 10.0. The van der Waals surface area contributed by atoms with Gasteiger partial charge in [-0.15, -0.1) is 0 Å². The van der Waals surface area contributed by atoms with E-state index < -0.39 is 17.5 Å². The van der Waals surface area contributed by atoms with Crippen LogP contribution in [0, 0.1) is 11.6 Å². The van der Waals surface area contributed by atoms with E-state index in [2.05, 4.69) is 10.4 Å². The number of nitrogens with zero attached hydrogens (tertiary/aromatic N) is 2. The van der Waals surface area contributed by atoms with E-state index in [9.17, 15) is 13.6 Å². The quantitative estimate of drug-likeness (QED) is 0.797. The third-order valence-corrected chi connectivity index (χ3v) is 2.90. The summed E-state index contributed by atoms with van der Waals surface area (Å²) in [6.07, 6.45) is 2.23. The van der Waals surface area contributed by atoms with Crippen LogP contribution in [0.15, 0.2) is 24.4 Å². The molecule has 0 bridgehead atoms. The minimum Gasteiger partial charge on any atom is -0.364 e. The number of nitrogens with one attached hydrogen (secondary N) is 1. The van der Waals surface area contributed by atoms with E-state index in [1.807, 2.05) is 6.92 Å². The molecule has 112 valence electrons. The standard InChI is InChI=1S/C14H16F2N4O/c1-2-4-18-8-9-6-10(15)13(11(16)7-9)20-5-3-12(19-20)14(17)21/h3,5-7,18H,2,4,8H2,1H3,(H2,17,21). The van der Waals surface area contributed by atoms with Crippen molar-refractivity contribution in [2.45, 2.75) is 19.9 Å². The number of nitrogens with two attached hydrogens (primary N) is 1. The van der Waals surface area contributed by atoms with Gasteiger partial charge in [-0.05, 0) is 36.7 Å². The van der Waals surface area contributed by atoms with Crippen molar-refractivity contribution in [2.75, 3.05) is 6.54 Å².